The van der Waals surface area contributed by atoms with Crippen LogP contribution in [0.25, 0.3) is 16.6 Å². The second-order valence-electron chi connectivity index (χ2n) is 5.42. The zero-order chi connectivity index (χ0) is 16.4. The number of methoxy groups -OCH3 is 1. The Hall–Kier alpha value is -2.27. The summed E-state index contributed by atoms with van der Waals surface area (Å²) in [7, 11) is 1.62. The molecule has 0 atom stereocenters. The van der Waals surface area contributed by atoms with Crippen LogP contribution >= 0.6 is 11.8 Å². The minimum absolute atomic E-state index is 0.0630. The maximum atomic E-state index is 13.0. The van der Waals surface area contributed by atoms with E-state index >= 15 is 0 Å². The van der Waals surface area contributed by atoms with E-state index in [0.717, 1.165) is 11.2 Å². The van der Waals surface area contributed by atoms with Gasteiger partial charge in [0, 0.05) is 11.3 Å². The van der Waals surface area contributed by atoms with Crippen molar-refractivity contribution in [3.63, 3.8) is 0 Å². The second kappa shape index (κ2) is 6.46. The Kier molecular flexibility index (Phi) is 4.39. The quantitative estimate of drug-likeness (QED) is 0.539. The van der Waals surface area contributed by atoms with Crippen molar-refractivity contribution in [3.05, 3.63) is 58.9 Å². The van der Waals surface area contributed by atoms with Gasteiger partial charge in [0.2, 0.25) is 0 Å². The highest BCUT2D eigenvalue weighted by molar-refractivity contribution is 7.99. The van der Waals surface area contributed by atoms with E-state index in [4.69, 9.17) is 9.72 Å². The number of fused-ring (bicyclic) bond motifs is 1. The molecule has 0 fully saturated rings. The Bertz CT molecular complexity index is 903. The second-order valence-corrected chi connectivity index (χ2v) is 6.96. The monoisotopic (exact) mass is 326 g/mol. The fourth-order valence-electron chi connectivity index (χ4n) is 2.38. The molecule has 0 amide bonds. The highest BCUT2D eigenvalue weighted by atomic mass is 32.2. The van der Waals surface area contributed by atoms with E-state index in [1.165, 1.54) is 0 Å². The molecule has 1 heterocycles. The molecule has 0 unspecified atom stereocenters. The number of hydrogen-bond donors (Lipinski definition) is 0. The molecule has 0 aliphatic carbocycles. The van der Waals surface area contributed by atoms with Crippen molar-refractivity contribution in [2.45, 2.75) is 24.3 Å². The van der Waals surface area contributed by atoms with Crippen LogP contribution in [-0.4, -0.2) is 21.9 Å². The van der Waals surface area contributed by atoms with Gasteiger partial charge in [0.05, 0.1) is 23.7 Å². The van der Waals surface area contributed by atoms with Gasteiger partial charge in [-0.15, -0.1) is 0 Å². The topological polar surface area (TPSA) is 44.1 Å². The fraction of sp³-hybridized carbons (Fsp3) is 0.222. The van der Waals surface area contributed by atoms with E-state index in [1.807, 2.05) is 48.5 Å². The van der Waals surface area contributed by atoms with Gasteiger partial charge in [0.25, 0.3) is 5.56 Å². The van der Waals surface area contributed by atoms with E-state index in [2.05, 4.69) is 13.8 Å². The number of ether oxygens (including phenoxy) is 1. The molecule has 0 radical (unpaired) electrons. The smallest absolute Gasteiger partial charge is 0.266 e. The molecule has 5 heteroatoms. The average Bonchev–Trinajstić information content (AvgIpc) is 2.54. The zero-order valence-corrected chi connectivity index (χ0v) is 14.1. The summed E-state index contributed by atoms with van der Waals surface area (Å²) in [5.74, 6) is 0.711. The highest BCUT2D eigenvalue weighted by Gasteiger charge is 2.14. The molecule has 0 N–H and O–H groups in total. The predicted molar refractivity (Wildman–Crippen MR) is 94.9 cm³/mol. The molecule has 3 rings (SSSR count). The standard InChI is InChI=1S/C18H18N2O2S/c1-12(2)23-18-19-16-10-5-4-9-15(16)17(21)20(18)13-7-6-8-14(11-13)22-3/h4-12H,1-3H3. The van der Waals surface area contributed by atoms with Crippen LogP contribution in [0, 0.1) is 0 Å². The number of nitrogens with zero attached hydrogens (tertiary/aromatic N) is 2. The minimum atomic E-state index is -0.0630. The van der Waals surface area contributed by atoms with Gasteiger partial charge in [-0.1, -0.05) is 43.8 Å². The molecule has 0 saturated heterocycles. The third kappa shape index (κ3) is 3.10. The number of thioether (sulfide) groups is 1. The molecule has 0 spiro atoms. The molecular formula is C18H18N2O2S. The van der Waals surface area contributed by atoms with Gasteiger partial charge >= 0.3 is 0 Å². The third-order valence-corrected chi connectivity index (χ3v) is 4.35. The van der Waals surface area contributed by atoms with E-state index < -0.39 is 0 Å². The van der Waals surface area contributed by atoms with Gasteiger partial charge in [-0.25, -0.2) is 4.98 Å². The van der Waals surface area contributed by atoms with Crippen molar-refractivity contribution in [1.29, 1.82) is 0 Å². The first-order valence-electron chi connectivity index (χ1n) is 7.43. The number of benzene rings is 2. The lowest BCUT2D eigenvalue weighted by Crippen LogP contribution is -2.22. The maximum absolute atomic E-state index is 13.0. The molecule has 0 bridgehead atoms. The van der Waals surface area contributed by atoms with Gasteiger partial charge < -0.3 is 4.74 Å². The summed E-state index contributed by atoms with van der Waals surface area (Å²) in [6.07, 6.45) is 0. The van der Waals surface area contributed by atoms with Crippen LogP contribution in [0.4, 0.5) is 0 Å². The average molecular weight is 326 g/mol. The number of para-hydroxylation sites is 1. The predicted octanol–water partition coefficient (Wildman–Crippen LogP) is 3.89. The lowest BCUT2D eigenvalue weighted by molar-refractivity contribution is 0.414. The van der Waals surface area contributed by atoms with Crippen molar-refractivity contribution >= 4 is 22.7 Å². The SMILES string of the molecule is COc1cccc(-n2c(SC(C)C)nc3ccccc3c2=O)c1. The summed E-state index contributed by atoms with van der Waals surface area (Å²) in [6, 6.07) is 14.9. The minimum Gasteiger partial charge on any atom is -0.497 e. The Balaban J connectivity index is 2.31. The van der Waals surface area contributed by atoms with Crippen molar-refractivity contribution in [1.82, 2.24) is 9.55 Å². The Morgan fingerprint density at radius 2 is 1.91 bits per heavy atom. The van der Waals surface area contributed by atoms with Crippen LogP contribution in [0.5, 0.6) is 5.75 Å². The number of hydrogen-bond acceptors (Lipinski definition) is 4. The molecule has 2 aromatic carbocycles. The maximum Gasteiger partial charge on any atom is 0.266 e. The molecule has 1 aromatic heterocycles. The lowest BCUT2D eigenvalue weighted by Gasteiger charge is -2.15. The fourth-order valence-corrected chi connectivity index (χ4v) is 3.25. The van der Waals surface area contributed by atoms with Gasteiger partial charge in [-0.3, -0.25) is 9.36 Å². The molecular weight excluding hydrogens is 308 g/mol. The van der Waals surface area contributed by atoms with Crippen LogP contribution in [0.1, 0.15) is 13.8 Å². The van der Waals surface area contributed by atoms with E-state index in [0.29, 0.717) is 21.5 Å². The molecule has 23 heavy (non-hydrogen) atoms. The van der Waals surface area contributed by atoms with E-state index in [-0.39, 0.29) is 5.56 Å². The zero-order valence-electron chi connectivity index (χ0n) is 13.3. The van der Waals surface area contributed by atoms with E-state index in [1.54, 1.807) is 23.4 Å². The molecule has 3 aromatic rings. The Labute approximate surface area is 139 Å². The van der Waals surface area contributed by atoms with Crippen LogP contribution < -0.4 is 10.3 Å². The van der Waals surface area contributed by atoms with Crippen LogP contribution in [0.15, 0.2) is 58.5 Å². The van der Waals surface area contributed by atoms with Gasteiger partial charge in [-0.05, 0) is 24.3 Å². The van der Waals surface area contributed by atoms with Crippen LogP contribution in [0.3, 0.4) is 0 Å². The number of rotatable bonds is 4. The van der Waals surface area contributed by atoms with Gasteiger partial charge in [0.1, 0.15) is 5.75 Å². The summed E-state index contributed by atoms with van der Waals surface area (Å²) >= 11 is 1.57. The molecule has 0 saturated carbocycles. The Morgan fingerprint density at radius 3 is 2.65 bits per heavy atom. The van der Waals surface area contributed by atoms with Crippen molar-refractivity contribution in [2.24, 2.45) is 0 Å². The van der Waals surface area contributed by atoms with Crippen molar-refractivity contribution in [3.8, 4) is 11.4 Å². The van der Waals surface area contributed by atoms with Gasteiger partial charge in [0.15, 0.2) is 5.16 Å². The molecule has 118 valence electrons. The lowest BCUT2D eigenvalue weighted by atomic mass is 10.2. The van der Waals surface area contributed by atoms with Crippen LogP contribution in [-0.2, 0) is 0 Å². The first-order valence-corrected chi connectivity index (χ1v) is 8.31. The summed E-state index contributed by atoms with van der Waals surface area (Å²) in [6.45, 7) is 4.17. The molecule has 0 aliphatic heterocycles. The summed E-state index contributed by atoms with van der Waals surface area (Å²) in [4.78, 5) is 17.7. The first kappa shape index (κ1) is 15.6. The van der Waals surface area contributed by atoms with Gasteiger partial charge in [-0.2, -0.15) is 0 Å². The summed E-state index contributed by atoms with van der Waals surface area (Å²) in [5, 5.41) is 1.63. The highest BCUT2D eigenvalue weighted by Crippen LogP contribution is 2.25. The first-order chi connectivity index (χ1) is 11.1. The van der Waals surface area contributed by atoms with Crippen molar-refractivity contribution < 1.29 is 4.74 Å². The van der Waals surface area contributed by atoms with Crippen molar-refractivity contribution in [2.75, 3.05) is 7.11 Å². The molecule has 4 nitrogen and oxygen atoms in total. The summed E-state index contributed by atoms with van der Waals surface area (Å²) in [5.41, 5.74) is 1.42. The van der Waals surface area contributed by atoms with Crippen LogP contribution in [0.2, 0.25) is 0 Å². The third-order valence-electron chi connectivity index (χ3n) is 3.40. The number of aromatic nitrogens is 2. The summed E-state index contributed by atoms with van der Waals surface area (Å²) < 4.78 is 6.94. The Morgan fingerprint density at radius 1 is 1.13 bits per heavy atom. The normalized spacial score (nSPS) is 11.1. The van der Waals surface area contributed by atoms with E-state index in [9.17, 15) is 4.79 Å². The molecule has 0 aliphatic rings. The largest absolute Gasteiger partial charge is 0.497 e.